The molecule has 3 rings (SSSR count). The van der Waals surface area contributed by atoms with Gasteiger partial charge in [0.2, 0.25) is 0 Å². The molecule has 0 saturated heterocycles. The molecule has 2 amide bonds. The average Bonchev–Trinajstić information content (AvgIpc) is 2.94. The Morgan fingerprint density at radius 2 is 1.48 bits per heavy atom. The first-order chi connectivity index (χ1) is 13.1. The molecular weight excluding hydrogens is 344 g/mol. The summed E-state index contributed by atoms with van der Waals surface area (Å²) in [6.07, 6.45) is 0. The molecule has 0 saturated carbocycles. The van der Waals surface area contributed by atoms with E-state index < -0.39 is 5.97 Å². The number of fused-ring (bicyclic) bond motifs is 1. The van der Waals surface area contributed by atoms with Gasteiger partial charge in [0, 0.05) is 18.8 Å². The zero-order chi connectivity index (χ0) is 19.4. The van der Waals surface area contributed by atoms with Gasteiger partial charge in [-0.1, -0.05) is 12.1 Å². The molecule has 1 heterocycles. The van der Waals surface area contributed by atoms with E-state index in [1.807, 2.05) is 12.1 Å². The number of nitrogens with zero attached hydrogens (tertiary/aromatic N) is 2. The fourth-order valence-electron chi connectivity index (χ4n) is 3.15. The van der Waals surface area contributed by atoms with E-state index in [1.54, 1.807) is 36.4 Å². The highest BCUT2D eigenvalue weighted by molar-refractivity contribution is 6.21. The summed E-state index contributed by atoms with van der Waals surface area (Å²) in [5, 5.41) is 0. The minimum Gasteiger partial charge on any atom is -0.460 e. The molecule has 1 aliphatic heterocycles. The molecule has 0 spiro atoms. The van der Waals surface area contributed by atoms with Crippen LogP contribution in [0.15, 0.2) is 48.5 Å². The van der Waals surface area contributed by atoms with Gasteiger partial charge in [0.15, 0.2) is 0 Å². The Kier molecular flexibility index (Phi) is 5.54. The van der Waals surface area contributed by atoms with Crippen LogP contribution in [0.1, 0.15) is 44.9 Å². The zero-order valence-corrected chi connectivity index (χ0v) is 15.5. The van der Waals surface area contributed by atoms with Crippen molar-refractivity contribution in [3.63, 3.8) is 0 Å². The molecule has 6 heteroatoms. The lowest BCUT2D eigenvalue weighted by molar-refractivity contribution is 0.0420. The Balaban J connectivity index is 1.56. The van der Waals surface area contributed by atoms with E-state index in [-0.39, 0.29) is 25.0 Å². The van der Waals surface area contributed by atoms with Gasteiger partial charge >= 0.3 is 5.97 Å². The van der Waals surface area contributed by atoms with E-state index >= 15 is 0 Å². The molecule has 0 N–H and O–H groups in total. The molecule has 0 radical (unpaired) electrons. The Bertz CT molecular complexity index is 822. The molecular formula is C21H22N2O4. The van der Waals surface area contributed by atoms with Crippen molar-refractivity contribution in [1.29, 1.82) is 0 Å². The first-order valence-corrected chi connectivity index (χ1v) is 9.04. The van der Waals surface area contributed by atoms with Crippen LogP contribution in [-0.2, 0) is 4.74 Å². The van der Waals surface area contributed by atoms with Gasteiger partial charge in [-0.15, -0.1) is 0 Å². The van der Waals surface area contributed by atoms with E-state index in [1.165, 1.54) is 0 Å². The highest BCUT2D eigenvalue weighted by Gasteiger charge is 2.34. The van der Waals surface area contributed by atoms with E-state index in [4.69, 9.17) is 4.74 Å². The van der Waals surface area contributed by atoms with Crippen LogP contribution in [0.4, 0.5) is 5.69 Å². The van der Waals surface area contributed by atoms with Crippen molar-refractivity contribution in [1.82, 2.24) is 4.90 Å². The summed E-state index contributed by atoms with van der Waals surface area (Å²) < 4.78 is 5.24. The van der Waals surface area contributed by atoms with Gasteiger partial charge in [-0.25, -0.2) is 4.79 Å². The second-order valence-corrected chi connectivity index (χ2v) is 6.16. The second kappa shape index (κ2) is 8.03. The Morgan fingerprint density at radius 3 is 2.00 bits per heavy atom. The Morgan fingerprint density at radius 1 is 0.926 bits per heavy atom. The molecule has 1 aliphatic rings. The molecule has 0 fully saturated rings. The molecule has 0 unspecified atom stereocenters. The fourth-order valence-corrected chi connectivity index (χ4v) is 3.15. The fraction of sp³-hybridized carbons (Fsp3) is 0.286. The van der Waals surface area contributed by atoms with Gasteiger partial charge in [0.1, 0.15) is 6.61 Å². The Labute approximate surface area is 158 Å². The largest absolute Gasteiger partial charge is 0.460 e. The first kappa shape index (κ1) is 18.6. The van der Waals surface area contributed by atoms with Crippen LogP contribution in [0.5, 0.6) is 0 Å². The van der Waals surface area contributed by atoms with Crippen LogP contribution < -0.4 is 4.90 Å². The van der Waals surface area contributed by atoms with Gasteiger partial charge in [-0.2, -0.15) is 0 Å². The van der Waals surface area contributed by atoms with Crippen molar-refractivity contribution in [2.24, 2.45) is 0 Å². The summed E-state index contributed by atoms with van der Waals surface area (Å²) in [5.41, 5.74) is 2.26. The van der Waals surface area contributed by atoms with E-state index in [2.05, 4.69) is 18.7 Å². The molecule has 6 nitrogen and oxygen atoms in total. The molecule has 0 bridgehead atoms. The number of hydrogen-bond acceptors (Lipinski definition) is 5. The highest BCUT2D eigenvalue weighted by atomic mass is 16.5. The number of rotatable bonds is 7. The van der Waals surface area contributed by atoms with Crippen molar-refractivity contribution >= 4 is 23.5 Å². The third-order valence-electron chi connectivity index (χ3n) is 4.66. The average molecular weight is 366 g/mol. The van der Waals surface area contributed by atoms with E-state index in [9.17, 15) is 14.4 Å². The number of carbonyl (C=O) groups is 3. The van der Waals surface area contributed by atoms with Crippen molar-refractivity contribution in [2.75, 3.05) is 31.1 Å². The third-order valence-corrected chi connectivity index (χ3v) is 4.66. The molecule has 140 valence electrons. The summed E-state index contributed by atoms with van der Waals surface area (Å²) in [7, 11) is 0. The molecule has 2 aromatic rings. The van der Waals surface area contributed by atoms with Gasteiger partial charge in [0.25, 0.3) is 11.8 Å². The molecule has 0 atom stereocenters. The zero-order valence-electron chi connectivity index (χ0n) is 15.5. The lowest BCUT2D eigenvalue weighted by atomic mass is 10.1. The van der Waals surface area contributed by atoms with Gasteiger partial charge in [-0.05, 0) is 50.2 Å². The smallest absolute Gasteiger partial charge is 0.338 e. The number of benzene rings is 2. The van der Waals surface area contributed by atoms with Crippen molar-refractivity contribution in [2.45, 2.75) is 13.8 Å². The SMILES string of the molecule is CCN(CC)c1ccc(C(=O)OCCN2C(=O)c3ccccc3C2=O)cc1. The van der Waals surface area contributed by atoms with Crippen LogP contribution in [0.3, 0.4) is 0 Å². The normalized spacial score (nSPS) is 12.9. The maximum absolute atomic E-state index is 12.3. The molecule has 0 aliphatic carbocycles. The Hall–Kier alpha value is -3.15. The van der Waals surface area contributed by atoms with Crippen molar-refractivity contribution in [3.8, 4) is 0 Å². The monoisotopic (exact) mass is 366 g/mol. The molecule has 27 heavy (non-hydrogen) atoms. The predicted molar refractivity (Wildman–Crippen MR) is 102 cm³/mol. The second-order valence-electron chi connectivity index (χ2n) is 6.16. The van der Waals surface area contributed by atoms with Crippen LogP contribution in [0.2, 0.25) is 0 Å². The van der Waals surface area contributed by atoms with Gasteiger partial charge in [-0.3, -0.25) is 14.5 Å². The first-order valence-electron chi connectivity index (χ1n) is 9.04. The number of amides is 2. The van der Waals surface area contributed by atoms with Gasteiger partial charge < -0.3 is 9.64 Å². The topological polar surface area (TPSA) is 66.9 Å². The van der Waals surface area contributed by atoms with Crippen LogP contribution >= 0.6 is 0 Å². The predicted octanol–water partition coefficient (Wildman–Crippen LogP) is 2.99. The number of carbonyl (C=O) groups excluding carboxylic acids is 3. The van der Waals surface area contributed by atoms with Crippen molar-refractivity contribution < 1.29 is 19.1 Å². The maximum atomic E-state index is 12.3. The minimum absolute atomic E-state index is 0.0373. The van der Waals surface area contributed by atoms with Crippen LogP contribution in [0.25, 0.3) is 0 Å². The number of hydrogen-bond donors (Lipinski definition) is 0. The molecule has 2 aromatic carbocycles. The molecule has 0 aromatic heterocycles. The van der Waals surface area contributed by atoms with E-state index in [0.29, 0.717) is 16.7 Å². The number of anilines is 1. The lowest BCUT2D eigenvalue weighted by Crippen LogP contribution is -2.33. The third kappa shape index (κ3) is 3.69. The summed E-state index contributed by atoms with van der Waals surface area (Å²) in [6.45, 7) is 5.93. The summed E-state index contributed by atoms with van der Waals surface area (Å²) in [4.78, 5) is 40.0. The number of ether oxygens (including phenoxy) is 1. The quantitative estimate of drug-likeness (QED) is 0.557. The summed E-state index contributed by atoms with van der Waals surface area (Å²) in [5.74, 6) is -1.18. The van der Waals surface area contributed by atoms with Crippen LogP contribution in [-0.4, -0.2) is 48.9 Å². The maximum Gasteiger partial charge on any atom is 0.338 e. The number of imide groups is 1. The van der Waals surface area contributed by atoms with Crippen LogP contribution in [0, 0.1) is 0 Å². The highest BCUT2D eigenvalue weighted by Crippen LogP contribution is 2.22. The summed E-state index contributed by atoms with van der Waals surface area (Å²) in [6, 6.07) is 13.9. The lowest BCUT2D eigenvalue weighted by Gasteiger charge is -2.21. The van der Waals surface area contributed by atoms with E-state index in [0.717, 1.165) is 23.7 Å². The standard InChI is InChI=1S/C21H22N2O4/c1-3-22(4-2)16-11-9-15(10-12-16)21(26)27-14-13-23-19(24)17-7-5-6-8-18(17)20(23)25/h5-12H,3-4,13-14H2,1-2H3. The summed E-state index contributed by atoms with van der Waals surface area (Å²) >= 11 is 0. The van der Waals surface area contributed by atoms with Crippen molar-refractivity contribution in [3.05, 3.63) is 65.2 Å². The minimum atomic E-state index is -0.474. The van der Waals surface area contributed by atoms with Gasteiger partial charge in [0.05, 0.1) is 23.2 Å². The number of esters is 1.